The van der Waals surface area contributed by atoms with Gasteiger partial charge in [-0.15, -0.1) is 0 Å². The fourth-order valence-electron chi connectivity index (χ4n) is 2.93. The van der Waals surface area contributed by atoms with Gasteiger partial charge in [0, 0.05) is 24.4 Å². The third-order valence-electron chi connectivity index (χ3n) is 3.84. The predicted molar refractivity (Wildman–Crippen MR) is 85.8 cm³/mol. The number of benzene rings is 1. The van der Waals surface area contributed by atoms with Crippen molar-refractivity contribution in [3.63, 3.8) is 0 Å². The summed E-state index contributed by atoms with van der Waals surface area (Å²) in [5.74, 6) is 2.28. The van der Waals surface area contributed by atoms with Gasteiger partial charge in [-0.05, 0) is 26.0 Å². The van der Waals surface area contributed by atoms with E-state index in [9.17, 15) is 0 Å². The number of fused-ring (bicyclic) bond motifs is 1. The lowest BCUT2D eigenvalue weighted by Gasteiger charge is -2.36. The van der Waals surface area contributed by atoms with Crippen LogP contribution in [0.4, 0.5) is 5.82 Å². The summed E-state index contributed by atoms with van der Waals surface area (Å²) in [5.41, 5.74) is 1.03. The Morgan fingerprint density at radius 1 is 1.10 bits per heavy atom. The Kier molecular flexibility index (Phi) is 3.81. The van der Waals surface area contributed by atoms with Crippen molar-refractivity contribution in [1.29, 1.82) is 0 Å². The lowest BCUT2D eigenvalue weighted by Crippen LogP contribution is -2.46. The molecule has 0 spiro atoms. The van der Waals surface area contributed by atoms with E-state index in [2.05, 4.69) is 50.8 Å². The zero-order valence-electron chi connectivity index (χ0n) is 13.2. The monoisotopic (exact) mass is 285 g/mol. The third kappa shape index (κ3) is 2.86. The highest BCUT2D eigenvalue weighted by Crippen LogP contribution is 2.28. The van der Waals surface area contributed by atoms with Crippen LogP contribution >= 0.6 is 0 Å². The van der Waals surface area contributed by atoms with Gasteiger partial charge in [0.1, 0.15) is 11.6 Å². The zero-order valence-corrected chi connectivity index (χ0v) is 13.2. The molecule has 21 heavy (non-hydrogen) atoms. The molecule has 112 valence electrons. The van der Waals surface area contributed by atoms with Crippen molar-refractivity contribution in [3.8, 4) is 0 Å². The maximum atomic E-state index is 5.84. The first-order valence-electron chi connectivity index (χ1n) is 7.71. The van der Waals surface area contributed by atoms with E-state index < -0.39 is 0 Å². The van der Waals surface area contributed by atoms with Gasteiger partial charge in [0.2, 0.25) is 0 Å². The van der Waals surface area contributed by atoms with Crippen molar-refractivity contribution in [3.05, 3.63) is 30.1 Å². The first kappa shape index (κ1) is 14.3. The van der Waals surface area contributed by atoms with Crippen LogP contribution in [0.15, 0.2) is 24.3 Å². The second-order valence-electron chi connectivity index (χ2n) is 6.24. The smallest absolute Gasteiger partial charge is 0.140 e. The van der Waals surface area contributed by atoms with Crippen molar-refractivity contribution in [2.75, 3.05) is 18.0 Å². The molecular formula is C17H23N3O. The molecule has 2 atom stereocenters. The fraction of sp³-hybridized carbons (Fsp3) is 0.529. The summed E-state index contributed by atoms with van der Waals surface area (Å²) in [5, 5.41) is 1.13. The maximum Gasteiger partial charge on any atom is 0.140 e. The largest absolute Gasteiger partial charge is 0.372 e. The highest BCUT2D eigenvalue weighted by Gasteiger charge is 2.25. The predicted octanol–water partition coefficient (Wildman–Crippen LogP) is 3.37. The Labute approximate surface area is 126 Å². The lowest BCUT2D eigenvalue weighted by molar-refractivity contribution is -0.00538. The van der Waals surface area contributed by atoms with Crippen LogP contribution < -0.4 is 4.90 Å². The van der Waals surface area contributed by atoms with Crippen LogP contribution in [0.3, 0.4) is 0 Å². The standard InChI is InChI=1S/C17H23N3O/c1-11(2)16-18-15-8-6-5-7-14(15)17(19-16)20-9-12(3)21-13(4)10-20/h5-8,11-13H,9-10H2,1-4H3. The molecule has 2 aromatic rings. The molecule has 0 saturated carbocycles. The van der Waals surface area contributed by atoms with Gasteiger partial charge in [-0.3, -0.25) is 0 Å². The Bertz CT molecular complexity index is 631. The van der Waals surface area contributed by atoms with Gasteiger partial charge in [-0.1, -0.05) is 26.0 Å². The average molecular weight is 285 g/mol. The number of hydrogen-bond acceptors (Lipinski definition) is 4. The van der Waals surface area contributed by atoms with Crippen molar-refractivity contribution >= 4 is 16.7 Å². The molecule has 0 N–H and O–H groups in total. The Hall–Kier alpha value is -1.68. The van der Waals surface area contributed by atoms with Gasteiger partial charge in [0.05, 0.1) is 17.7 Å². The molecule has 4 nitrogen and oxygen atoms in total. The highest BCUT2D eigenvalue weighted by atomic mass is 16.5. The Morgan fingerprint density at radius 3 is 2.43 bits per heavy atom. The molecular weight excluding hydrogens is 262 g/mol. The number of ether oxygens (including phenoxy) is 1. The number of nitrogens with zero attached hydrogens (tertiary/aromatic N) is 3. The lowest BCUT2D eigenvalue weighted by atomic mass is 10.1. The fourth-order valence-corrected chi connectivity index (χ4v) is 2.93. The first-order valence-corrected chi connectivity index (χ1v) is 7.71. The Balaban J connectivity index is 2.11. The summed E-state index contributed by atoms with van der Waals surface area (Å²) in [6, 6.07) is 8.27. The van der Waals surface area contributed by atoms with E-state index in [1.54, 1.807) is 0 Å². The minimum atomic E-state index is 0.227. The van der Waals surface area contributed by atoms with Crippen LogP contribution in [0.5, 0.6) is 0 Å². The number of hydrogen-bond donors (Lipinski definition) is 0. The van der Waals surface area contributed by atoms with E-state index in [1.807, 2.05) is 6.07 Å². The van der Waals surface area contributed by atoms with Crippen LogP contribution in [-0.4, -0.2) is 35.3 Å². The summed E-state index contributed by atoms with van der Waals surface area (Å²) >= 11 is 0. The summed E-state index contributed by atoms with van der Waals surface area (Å²) in [7, 11) is 0. The molecule has 0 radical (unpaired) electrons. The molecule has 1 saturated heterocycles. The molecule has 1 aromatic carbocycles. The van der Waals surface area contributed by atoms with E-state index in [4.69, 9.17) is 14.7 Å². The van der Waals surface area contributed by atoms with E-state index in [-0.39, 0.29) is 12.2 Å². The first-order chi connectivity index (χ1) is 10.0. The summed E-state index contributed by atoms with van der Waals surface area (Å²) in [6.07, 6.45) is 0.454. The molecule has 4 heteroatoms. The minimum absolute atomic E-state index is 0.227. The normalized spacial score (nSPS) is 23.0. The molecule has 2 heterocycles. The molecule has 1 aromatic heterocycles. The topological polar surface area (TPSA) is 38.2 Å². The second kappa shape index (κ2) is 5.60. The van der Waals surface area contributed by atoms with E-state index in [1.165, 1.54) is 0 Å². The van der Waals surface area contributed by atoms with Gasteiger partial charge < -0.3 is 9.64 Å². The number of para-hydroxylation sites is 1. The summed E-state index contributed by atoms with van der Waals surface area (Å²) in [4.78, 5) is 11.9. The third-order valence-corrected chi connectivity index (χ3v) is 3.84. The second-order valence-corrected chi connectivity index (χ2v) is 6.24. The van der Waals surface area contributed by atoms with Crippen LogP contribution in [0.2, 0.25) is 0 Å². The number of anilines is 1. The van der Waals surface area contributed by atoms with E-state index in [0.29, 0.717) is 5.92 Å². The molecule has 2 unspecified atom stereocenters. The Morgan fingerprint density at radius 2 is 1.76 bits per heavy atom. The number of morpholine rings is 1. The molecule has 3 rings (SSSR count). The van der Waals surface area contributed by atoms with E-state index in [0.717, 1.165) is 35.6 Å². The quantitative estimate of drug-likeness (QED) is 0.848. The molecule has 1 aliphatic rings. The highest BCUT2D eigenvalue weighted by molar-refractivity contribution is 5.89. The average Bonchev–Trinajstić information content (AvgIpc) is 2.45. The minimum Gasteiger partial charge on any atom is -0.372 e. The molecule has 0 aliphatic carbocycles. The maximum absolute atomic E-state index is 5.84. The van der Waals surface area contributed by atoms with Gasteiger partial charge in [-0.25, -0.2) is 9.97 Å². The summed E-state index contributed by atoms with van der Waals surface area (Å²) < 4.78 is 5.84. The van der Waals surface area contributed by atoms with Crippen molar-refractivity contribution in [1.82, 2.24) is 9.97 Å². The number of rotatable bonds is 2. The molecule has 1 aliphatic heterocycles. The van der Waals surface area contributed by atoms with Crippen molar-refractivity contribution < 1.29 is 4.74 Å². The van der Waals surface area contributed by atoms with Gasteiger partial charge in [0.25, 0.3) is 0 Å². The molecule has 0 bridgehead atoms. The summed E-state index contributed by atoms with van der Waals surface area (Å²) in [6.45, 7) is 10.3. The van der Waals surface area contributed by atoms with Crippen LogP contribution in [0, 0.1) is 0 Å². The SMILES string of the molecule is CC1CN(c2nc(C(C)C)nc3ccccc23)CC(C)O1. The van der Waals surface area contributed by atoms with Crippen LogP contribution in [-0.2, 0) is 4.74 Å². The van der Waals surface area contributed by atoms with Crippen LogP contribution in [0.1, 0.15) is 39.4 Å². The van der Waals surface area contributed by atoms with E-state index >= 15 is 0 Å². The van der Waals surface area contributed by atoms with Crippen molar-refractivity contribution in [2.45, 2.75) is 45.8 Å². The number of aromatic nitrogens is 2. The van der Waals surface area contributed by atoms with Gasteiger partial charge in [0.15, 0.2) is 0 Å². The molecule has 1 fully saturated rings. The zero-order chi connectivity index (χ0) is 15.0. The van der Waals surface area contributed by atoms with Gasteiger partial charge >= 0.3 is 0 Å². The molecule has 0 amide bonds. The van der Waals surface area contributed by atoms with Gasteiger partial charge in [-0.2, -0.15) is 0 Å². The van der Waals surface area contributed by atoms with Crippen molar-refractivity contribution in [2.24, 2.45) is 0 Å². The van der Waals surface area contributed by atoms with Crippen LogP contribution in [0.25, 0.3) is 10.9 Å².